The van der Waals surface area contributed by atoms with Crippen molar-refractivity contribution in [1.82, 2.24) is 15.0 Å². The van der Waals surface area contributed by atoms with Crippen molar-refractivity contribution in [1.29, 1.82) is 0 Å². The van der Waals surface area contributed by atoms with Crippen molar-refractivity contribution in [3.05, 3.63) is 82.1 Å². The summed E-state index contributed by atoms with van der Waals surface area (Å²) in [6.45, 7) is 0.610. The van der Waals surface area contributed by atoms with Gasteiger partial charge in [-0.2, -0.15) is 0 Å². The molecule has 2 heterocycles. The van der Waals surface area contributed by atoms with E-state index in [0.717, 1.165) is 22.4 Å². The maximum atomic E-state index is 11.6. The number of amides is 1. The highest BCUT2D eigenvalue weighted by Crippen LogP contribution is 2.23. The SMILES string of the molecule is NC(=O)c1cccc2c(NCc3cccc(Cc4nccs4)c3)ncnc12. The van der Waals surface area contributed by atoms with Crippen LogP contribution < -0.4 is 11.1 Å². The van der Waals surface area contributed by atoms with E-state index in [0.29, 0.717) is 23.4 Å². The Balaban J connectivity index is 1.55. The Bertz CT molecular complexity index is 1090. The number of hydrogen-bond donors (Lipinski definition) is 2. The van der Waals surface area contributed by atoms with E-state index in [9.17, 15) is 4.79 Å². The van der Waals surface area contributed by atoms with Crippen molar-refractivity contribution < 1.29 is 4.79 Å². The molecule has 0 saturated heterocycles. The van der Waals surface area contributed by atoms with Gasteiger partial charge in [0.25, 0.3) is 5.91 Å². The summed E-state index contributed by atoms with van der Waals surface area (Å²) in [5.74, 6) is 0.175. The number of carbonyl (C=O) groups is 1. The molecule has 1 amide bonds. The summed E-state index contributed by atoms with van der Waals surface area (Å²) in [4.78, 5) is 24.5. The summed E-state index contributed by atoms with van der Waals surface area (Å²) in [6.07, 6.45) is 4.09. The first-order valence-corrected chi connectivity index (χ1v) is 9.32. The Kier molecular flexibility index (Phi) is 4.76. The molecule has 134 valence electrons. The lowest BCUT2D eigenvalue weighted by molar-refractivity contribution is 0.100. The molecule has 0 atom stereocenters. The van der Waals surface area contributed by atoms with Crippen molar-refractivity contribution >= 4 is 34.0 Å². The standard InChI is InChI=1S/C20H17N5OS/c21-19(26)15-5-2-6-16-18(15)24-12-25-20(16)23-11-14-4-1-3-13(9-14)10-17-22-7-8-27-17/h1-9,12H,10-11H2,(H2,21,26)(H,23,24,25). The fourth-order valence-corrected chi connectivity index (χ4v) is 3.63. The Morgan fingerprint density at radius 2 is 1.93 bits per heavy atom. The van der Waals surface area contributed by atoms with Crippen molar-refractivity contribution in [2.45, 2.75) is 13.0 Å². The van der Waals surface area contributed by atoms with Crippen molar-refractivity contribution in [3.8, 4) is 0 Å². The van der Waals surface area contributed by atoms with Gasteiger partial charge in [0.05, 0.1) is 16.1 Å². The number of hydrogen-bond acceptors (Lipinski definition) is 6. The van der Waals surface area contributed by atoms with E-state index in [4.69, 9.17) is 5.73 Å². The summed E-state index contributed by atoms with van der Waals surface area (Å²) in [7, 11) is 0. The third-order valence-corrected chi connectivity index (χ3v) is 5.00. The molecule has 3 N–H and O–H groups in total. The summed E-state index contributed by atoms with van der Waals surface area (Å²) in [5.41, 5.74) is 8.75. The number of aromatic nitrogens is 3. The highest BCUT2D eigenvalue weighted by molar-refractivity contribution is 7.09. The molecule has 4 rings (SSSR count). The van der Waals surface area contributed by atoms with Crippen LogP contribution in [0.25, 0.3) is 10.9 Å². The average molecular weight is 375 g/mol. The smallest absolute Gasteiger partial charge is 0.250 e. The van der Waals surface area contributed by atoms with Crippen LogP contribution in [-0.2, 0) is 13.0 Å². The number of rotatable bonds is 6. The molecule has 0 spiro atoms. The monoisotopic (exact) mass is 375 g/mol. The Hall–Kier alpha value is -3.32. The third kappa shape index (κ3) is 3.78. The van der Waals surface area contributed by atoms with Gasteiger partial charge in [-0.15, -0.1) is 11.3 Å². The molecule has 0 fully saturated rings. The number of para-hydroxylation sites is 1. The largest absolute Gasteiger partial charge is 0.366 e. The molecular formula is C20H17N5OS. The average Bonchev–Trinajstić information content (AvgIpc) is 3.19. The molecule has 0 radical (unpaired) electrons. The number of nitrogens with zero attached hydrogens (tertiary/aromatic N) is 3. The predicted octanol–water partition coefficient (Wildman–Crippen LogP) is 3.39. The molecule has 0 saturated carbocycles. The van der Waals surface area contributed by atoms with Crippen LogP contribution in [-0.4, -0.2) is 20.9 Å². The van der Waals surface area contributed by atoms with Gasteiger partial charge >= 0.3 is 0 Å². The van der Waals surface area contributed by atoms with Crippen molar-refractivity contribution in [2.24, 2.45) is 5.73 Å². The minimum Gasteiger partial charge on any atom is -0.366 e. The van der Waals surface area contributed by atoms with E-state index in [1.165, 1.54) is 11.9 Å². The number of thiazole rings is 1. The van der Waals surface area contributed by atoms with Crippen molar-refractivity contribution in [3.63, 3.8) is 0 Å². The molecule has 0 bridgehead atoms. The van der Waals surface area contributed by atoms with Crippen LogP contribution in [0.5, 0.6) is 0 Å². The van der Waals surface area contributed by atoms with Gasteiger partial charge in [-0.3, -0.25) is 4.79 Å². The zero-order valence-electron chi connectivity index (χ0n) is 14.4. The fraction of sp³-hybridized carbons (Fsp3) is 0.100. The van der Waals surface area contributed by atoms with Crippen LogP contribution in [0.2, 0.25) is 0 Å². The zero-order chi connectivity index (χ0) is 18.6. The predicted molar refractivity (Wildman–Crippen MR) is 107 cm³/mol. The zero-order valence-corrected chi connectivity index (χ0v) is 15.2. The summed E-state index contributed by atoms with van der Waals surface area (Å²) >= 11 is 1.66. The maximum absolute atomic E-state index is 11.6. The molecule has 0 unspecified atom stereocenters. The Labute approximate surface area is 160 Å². The van der Waals surface area contributed by atoms with Crippen LogP contribution in [0.1, 0.15) is 26.5 Å². The van der Waals surface area contributed by atoms with Gasteiger partial charge in [-0.25, -0.2) is 15.0 Å². The first-order valence-electron chi connectivity index (χ1n) is 8.44. The number of fused-ring (bicyclic) bond motifs is 1. The molecule has 0 aliphatic heterocycles. The molecule has 2 aromatic heterocycles. The number of benzene rings is 2. The van der Waals surface area contributed by atoms with Gasteiger partial charge in [0.15, 0.2) is 0 Å². The normalized spacial score (nSPS) is 10.8. The van der Waals surface area contributed by atoms with E-state index in [2.05, 4.69) is 38.5 Å². The number of nitrogens with one attached hydrogen (secondary N) is 1. The number of anilines is 1. The fourth-order valence-electron chi connectivity index (χ4n) is 2.98. The molecule has 0 aliphatic rings. The third-order valence-electron chi connectivity index (χ3n) is 4.22. The molecule has 27 heavy (non-hydrogen) atoms. The van der Waals surface area contributed by atoms with E-state index >= 15 is 0 Å². The van der Waals surface area contributed by atoms with Gasteiger partial charge in [0.1, 0.15) is 12.1 Å². The minimum atomic E-state index is -0.500. The van der Waals surface area contributed by atoms with Gasteiger partial charge in [-0.1, -0.05) is 30.3 Å². The lowest BCUT2D eigenvalue weighted by Gasteiger charge is -2.10. The second-order valence-corrected chi connectivity index (χ2v) is 7.04. The molecule has 6 nitrogen and oxygen atoms in total. The van der Waals surface area contributed by atoms with E-state index < -0.39 is 5.91 Å². The summed E-state index contributed by atoms with van der Waals surface area (Å²) in [6, 6.07) is 13.7. The van der Waals surface area contributed by atoms with Crippen LogP contribution >= 0.6 is 11.3 Å². The van der Waals surface area contributed by atoms with Gasteiger partial charge in [0.2, 0.25) is 0 Å². The quantitative estimate of drug-likeness (QED) is 0.539. The second kappa shape index (κ2) is 7.51. The number of carbonyl (C=O) groups excluding carboxylic acids is 1. The highest BCUT2D eigenvalue weighted by atomic mass is 32.1. The van der Waals surface area contributed by atoms with E-state index in [-0.39, 0.29) is 0 Å². The highest BCUT2D eigenvalue weighted by Gasteiger charge is 2.11. The summed E-state index contributed by atoms with van der Waals surface area (Å²) in [5, 5.41) is 7.20. The number of nitrogens with two attached hydrogens (primary N) is 1. The van der Waals surface area contributed by atoms with Gasteiger partial charge in [-0.05, 0) is 23.3 Å². The lowest BCUT2D eigenvalue weighted by Crippen LogP contribution is -2.12. The molecule has 4 aromatic rings. The Morgan fingerprint density at radius 1 is 1.07 bits per heavy atom. The lowest BCUT2D eigenvalue weighted by atomic mass is 10.1. The van der Waals surface area contributed by atoms with E-state index in [1.54, 1.807) is 23.5 Å². The molecular weight excluding hydrogens is 358 g/mol. The van der Waals surface area contributed by atoms with Crippen LogP contribution in [0.4, 0.5) is 5.82 Å². The molecule has 0 aliphatic carbocycles. The van der Waals surface area contributed by atoms with Crippen LogP contribution in [0.15, 0.2) is 60.4 Å². The van der Waals surface area contributed by atoms with Gasteiger partial charge in [0, 0.05) is 29.9 Å². The van der Waals surface area contributed by atoms with Crippen LogP contribution in [0.3, 0.4) is 0 Å². The van der Waals surface area contributed by atoms with Crippen molar-refractivity contribution in [2.75, 3.05) is 5.32 Å². The first kappa shape index (κ1) is 17.1. The Morgan fingerprint density at radius 3 is 2.74 bits per heavy atom. The minimum absolute atomic E-state index is 0.392. The first-order chi connectivity index (χ1) is 13.2. The van der Waals surface area contributed by atoms with E-state index in [1.807, 2.05) is 23.7 Å². The molecule has 2 aromatic carbocycles. The molecule has 7 heteroatoms. The van der Waals surface area contributed by atoms with Crippen LogP contribution in [0, 0.1) is 0 Å². The maximum Gasteiger partial charge on any atom is 0.250 e. The number of primary amides is 1. The van der Waals surface area contributed by atoms with Gasteiger partial charge < -0.3 is 11.1 Å². The second-order valence-electron chi connectivity index (χ2n) is 6.06. The summed E-state index contributed by atoms with van der Waals surface area (Å²) < 4.78 is 0. The topological polar surface area (TPSA) is 93.8 Å².